The first-order chi connectivity index (χ1) is 12.2. The minimum Gasteiger partial charge on any atom is -0.322 e. The lowest BCUT2D eigenvalue weighted by atomic mass is 10.2. The molecule has 0 bridgehead atoms. The van der Waals surface area contributed by atoms with Gasteiger partial charge in [-0.3, -0.25) is 14.9 Å². The molecular formula is C17H17N3O5S. The molecule has 0 saturated carbocycles. The standard InChI is InChI=1S/C17H17N3O5S/c1-19(2)26(24,25)16-8-4-6-14(12-16)18-17(21)10-9-13-5-3-7-15(11-13)20(22)23/h3-12H,1-2H3,(H,18,21)/b10-9+. The van der Waals surface area contributed by atoms with Crippen molar-refractivity contribution in [2.24, 2.45) is 0 Å². The second-order valence-electron chi connectivity index (χ2n) is 5.49. The Labute approximate surface area is 151 Å². The molecule has 2 aromatic carbocycles. The first kappa shape index (κ1) is 19.3. The molecule has 0 heterocycles. The van der Waals surface area contributed by atoms with Gasteiger partial charge in [0.2, 0.25) is 15.9 Å². The van der Waals surface area contributed by atoms with Gasteiger partial charge in [0.25, 0.3) is 5.69 Å². The van der Waals surface area contributed by atoms with Crippen LogP contribution in [0, 0.1) is 10.1 Å². The molecule has 8 nitrogen and oxygen atoms in total. The highest BCUT2D eigenvalue weighted by Crippen LogP contribution is 2.18. The van der Waals surface area contributed by atoms with E-state index in [2.05, 4.69) is 5.32 Å². The monoisotopic (exact) mass is 375 g/mol. The van der Waals surface area contributed by atoms with E-state index < -0.39 is 20.9 Å². The summed E-state index contributed by atoms with van der Waals surface area (Å²) in [5.41, 5.74) is 0.744. The van der Waals surface area contributed by atoms with Crippen molar-refractivity contribution in [2.75, 3.05) is 19.4 Å². The Balaban J connectivity index is 2.13. The Bertz CT molecular complexity index is 968. The van der Waals surface area contributed by atoms with Gasteiger partial charge in [-0.15, -0.1) is 0 Å². The first-order valence-electron chi connectivity index (χ1n) is 7.46. The van der Waals surface area contributed by atoms with Crippen LogP contribution in [0.4, 0.5) is 11.4 Å². The maximum absolute atomic E-state index is 12.1. The second-order valence-corrected chi connectivity index (χ2v) is 7.64. The summed E-state index contributed by atoms with van der Waals surface area (Å²) in [6, 6.07) is 11.7. The Morgan fingerprint density at radius 1 is 1.15 bits per heavy atom. The van der Waals surface area contributed by atoms with E-state index >= 15 is 0 Å². The average molecular weight is 375 g/mol. The SMILES string of the molecule is CN(C)S(=O)(=O)c1cccc(NC(=O)/C=C/c2cccc([N+](=O)[O-])c2)c1. The van der Waals surface area contributed by atoms with Gasteiger partial charge in [-0.2, -0.15) is 0 Å². The number of amides is 1. The maximum Gasteiger partial charge on any atom is 0.270 e. The molecular weight excluding hydrogens is 358 g/mol. The van der Waals surface area contributed by atoms with Crippen molar-refractivity contribution in [3.05, 3.63) is 70.3 Å². The van der Waals surface area contributed by atoms with Crippen LogP contribution in [0.15, 0.2) is 59.5 Å². The van der Waals surface area contributed by atoms with Gasteiger partial charge in [-0.25, -0.2) is 12.7 Å². The van der Waals surface area contributed by atoms with Crippen molar-refractivity contribution in [1.82, 2.24) is 4.31 Å². The summed E-state index contributed by atoms with van der Waals surface area (Å²) < 4.78 is 25.3. The molecule has 1 amide bonds. The van der Waals surface area contributed by atoms with E-state index in [-0.39, 0.29) is 10.6 Å². The Hall–Kier alpha value is -3.04. The summed E-state index contributed by atoms with van der Waals surface area (Å²) in [7, 11) is -0.765. The van der Waals surface area contributed by atoms with E-state index in [9.17, 15) is 23.3 Å². The number of carbonyl (C=O) groups excluding carboxylic acids is 1. The smallest absolute Gasteiger partial charge is 0.270 e. The van der Waals surface area contributed by atoms with Gasteiger partial charge in [0.05, 0.1) is 9.82 Å². The molecule has 0 saturated heterocycles. The highest BCUT2D eigenvalue weighted by atomic mass is 32.2. The van der Waals surface area contributed by atoms with Crippen molar-refractivity contribution < 1.29 is 18.1 Å². The zero-order valence-corrected chi connectivity index (χ0v) is 14.9. The predicted octanol–water partition coefficient (Wildman–Crippen LogP) is 2.50. The zero-order valence-electron chi connectivity index (χ0n) is 14.1. The highest BCUT2D eigenvalue weighted by molar-refractivity contribution is 7.89. The van der Waals surface area contributed by atoms with Gasteiger partial charge in [0.1, 0.15) is 0 Å². The number of benzene rings is 2. The van der Waals surface area contributed by atoms with Crippen LogP contribution in [0.25, 0.3) is 6.08 Å². The van der Waals surface area contributed by atoms with Crippen LogP contribution in [0.2, 0.25) is 0 Å². The molecule has 9 heteroatoms. The molecule has 2 rings (SSSR count). The van der Waals surface area contributed by atoms with Crippen LogP contribution >= 0.6 is 0 Å². The summed E-state index contributed by atoms with van der Waals surface area (Å²) in [5, 5.41) is 13.3. The number of non-ortho nitro benzene ring substituents is 1. The zero-order chi connectivity index (χ0) is 19.3. The number of hydrogen-bond donors (Lipinski definition) is 1. The summed E-state index contributed by atoms with van der Waals surface area (Å²) >= 11 is 0. The quantitative estimate of drug-likeness (QED) is 0.474. The average Bonchev–Trinajstić information content (AvgIpc) is 2.60. The maximum atomic E-state index is 12.1. The van der Waals surface area contributed by atoms with Gasteiger partial charge < -0.3 is 5.32 Å². The number of anilines is 1. The van der Waals surface area contributed by atoms with Gasteiger partial charge in [0.15, 0.2) is 0 Å². The van der Waals surface area contributed by atoms with Crippen LogP contribution in [-0.4, -0.2) is 37.6 Å². The van der Waals surface area contributed by atoms with Crippen LogP contribution < -0.4 is 5.32 Å². The Morgan fingerprint density at radius 2 is 1.85 bits per heavy atom. The van der Waals surface area contributed by atoms with Crippen molar-refractivity contribution in [3.63, 3.8) is 0 Å². The predicted molar refractivity (Wildman–Crippen MR) is 98.1 cm³/mol. The number of nitro benzene ring substituents is 1. The highest BCUT2D eigenvalue weighted by Gasteiger charge is 2.17. The number of nitro groups is 1. The third-order valence-electron chi connectivity index (χ3n) is 3.39. The summed E-state index contributed by atoms with van der Waals surface area (Å²) in [6.07, 6.45) is 2.65. The second kappa shape index (κ2) is 7.89. The molecule has 0 atom stereocenters. The molecule has 26 heavy (non-hydrogen) atoms. The van der Waals surface area contributed by atoms with E-state index in [1.165, 1.54) is 62.6 Å². The van der Waals surface area contributed by atoms with E-state index in [1.807, 2.05) is 0 Å². The van der Waals surface area contributed by atoms with E-state index in [0.717, 1.165) is 4.31 Å². The minimum absolute atomic E-state index is 0.0583. The lowest BCUT2D eigenvalue weighted by molar-refractivity contribution is -0.384. The number of nitrogens with one attached hydrogen (secondary N) is 1. The fourth-order valence-corrected chi connectivity index (χ4v) is 2.99. The van der Waals surface area contributed by atoms with Crippen molar-refractivity contribution in [3.8, 4) is 0 Å². The van der Waals surface area contributed by atoms with Gasteiger partial charge >= 0.3 is 0 Å². The third-order valence-corrected chi connectivity index (χ3v) is 5.20. The third kappa shape index (κ3) is 4.74. The molecule has 0 unspecified atom stereocenters. The lowest BCUT2D eigenvalue weighted by Crippen LogP contribution is -2.22. The van der Waals surface area contributed by atoms with Gasteiger partial charge in [-0.05, 0) is 29.8 Å². The van der Waals surface area contributed by atoms with Crippen molar-refractivity contribution in [1.29, 1.82) is 0 Å². The van der Waals surface area contributed by atoms with Crippen LogP contribution in [0.5, 0.6) is 0 Å². The molecule has 1 N–H and O–H groups in total. The molecule has 0 aliphatic carbocycles. The summed E-state index contributed by atoms with van der Waals surface area (Å²) in [4.78, 5) is 22.3. The number of rotatable bonds is 6. The fourth-order valence-electron chi connectivity index (χ4n) is 2.04. The largest absolute Gasteiger partial charge is 0.322 e. The lowest BCUT2D eigenvalue weighted by Gasteiger charge is -2.12. The van der Waals surface area contributed by atoms with E-state index in [0.29, 0.717) is 11.3 Å². The number of sulfonamides is 1. The molecule has 0 fully saturated rings. The van der Waals surface area contributed by atoms with Crippen molar-refractivity contribution in [2.45, 2.75) is 4.90 Å². The van der Waals surface area contributed by atoms with E-state index in [1.54, 1.807) is 12.1 Å². The minimum atomic E-state index is -3.60. The molecule has 0 aromatic heterocycles. The number of carbonyl (C=O) groups is 1. The summed E-state index contributed by atoms with van der Waals surface area (Å²) in [6.45, 7) is 0. The molecule has 0 aliphatic heterocycles. The topological polar surface area (TPSA) is 110 Å². The fraction of sp³-hybridized carbons (Fsp3) is 0.118. The first-order valence-corrected chi connectivity index (χ1v) is 8.90. The van der Waals surface area contributed by atoms with Crippen LogP contribution in [0.3, 0.4) is 0 Å². The van der Waals surface area contributed by atoms with E-state index in [4.69, 9.17) is 0 Å². The van der Waals surface area contributed by atoms with Crippen molar-refractivity contribution >= 4 is 33.4 Å². The van der Waals surface area contributed by atoms with Gasteiger partial charge in [0, 0.05) is 38.0 Å². The normalized spacial score (nSPS) is 11.7. The van der Waals surface area contributed by atoms with Crippen LogP contribution in [0.1, 0.15) is 5.56 Å². The Kier molecular flexibility index (Phi) is 5.86. The molecule has 0 radical (unpaired) electrons. The molecule has 2 aromatic rings. The molecule has 136 valence electrons. The number of hydrogen-bond acceptors (Lipinski definition) is 5. The van der Waals surface area contributed by atoms with Crippen LogP contribution in [-0.2, 0) is 14.8 Å². The number of nitrogens with zero attached hydrogens (tertiary/aromatic N) is 2. The Morgan fingerprint density at radius 3 is 2.50 bits per heavy atom. The molecule has 0 aliphatic rings. The summed E-state index contributed by atoms with van der Waals surface area (Å²) in [5.74, 6) is -0.490. The molecule has 0 spiro atoms. The van der Waals surface area contributed by atoms with Gasteiger partial charge in [-0.1, -0.05) is 18.2 Å².